The summed E-state index contributed by atoms with van der Waals surface area (Å²) in [7, 11) is -4.76. The third kappa shape index (κ3) is 10.7. The summed E-state index contributed by atoms with van der Waals surface area (Å²) < 4.78 is 25.5. The van der Waals surface area contributed by atoms with Crippen molar-refractivity contribution in [2.45, 2.75) is 76.0 Å². The summed E-state index contributed by atoms with van der Waals surface area (Å²) in [5.74, 6) is -0.299. The average molecular weight is 423 g/mol. The van der Waals surface area contributed by atoms with Gasteiger partial charge in [0.1, 0.15) is 24.4 Å². The quantitative estimate of drug-likeness (QED) is 0.126. The molecule has 1 radical (unpaired) electrons. The molecule has 1 aliphatic rings. The summed E-state index contributed by atoms with van der Waals surface area (Å²) in [6.07, 6.45) is -2.92. The molecule has 1 fully saturated rings. The molecular formula is C15H29NaO10P. The van der Waals surface area contributed by atoms with Crippen LogP contribution < -0.4 is 0 Å². The third-order valence-corrected chi connectivity index (χ3v) is 4.58. The molecule has 1 saturated heterocycles. The van der Waals surface area contributed by atoms with E-state index in [9.17, 15) is 24.7 Å². The number of hydrogen-bond acceptors (Lipinski definition) is 8. The van der Waals surface area contributed by atoms with Crippen LogP contribution in [-0.2, 0) is 23.4 Å². The Hall–Kier alpha value is 0.420. The van der Waals surface area contributed by atoms with E-state index in [2.05, 4.69) is 4.52 Å². The monoisotopic (exact) mass is 423 g/mol. The predicted octanol–water partition coefficient (Wildman–Crippen LogP) is -0.531. The Balaban J connectivity index is 0.00000676. The second-order valence-corrected chi connectivity index (χ2v) is 7.53. The van der Waals surface area contributed by atoms with E-state index >= 15 is 0 Å². The fraction of sp³-hybridized carbons (Fsp3) is 0.933. The van der Waals surface area contributed by atoms with E-state index in [0.717, 1.165) is 19.3 Å². The Labute approximate surface area is 180 Å². The van der Waals surface area contributed by atoms with Crippen LogP contribution in [0.25, 0.3) is 0 Å². The molecule has 1 heterocycles. The first-order valence-electron chi connectivity index (χ1n) is 8.71. The van der Waals surface area contributed by atoms with Crippen molar-refractivity contribution < 1.29 is 48.5 Å². The van der Waals surface area contributed by atoms with Gasteiger partial charge >= 0.3 is 13.8 Å². The van der Waals surface area contributed by atoms with Crippen molar-refractivity contribution in [1.29, 1.82) is 0 Å². The number of esters is 1. The Morgan fingerprint density at radius 3 is 2.26 bits per heavy atom. The molecule has 5 atom stereocenters. The van der Waals surface area contributed by atoms with Gasteiger partial charge < -0.3 is 34.6 Å². The maximum Gasteiger partial charge on any atom is 0.469 e. The number of carbonyl (C=O) groups is 1. The Kier molecular flexibility index (Phi) is 13.8. The van der Waals surface area contributed by atoms with Crippen LogP contribution >= 0.6 is 7.82 Å². The number of rotatable bonds is 11. The standard InChI is InChI=1S/C15H29O10P.Na/c1-2-3-4-7-12(16)23-8-5-6-10-13(17)15(19)14(18)11(25-10)9-24-26(20,21)22;/h10-11,13-15,17-19H,2-9H2,1H3,(H2,20,21,22);. The Bertz CT molecular complexity index is 474. The number of phosphoric ester groups is 1. The van der Waals surface area contributed by atoms with Crippen molar-refractivity contribution in [2.75, 3.05) is 13.2 Å². The molecule has 5 unspecified atom stereocenters. The molecule has 155 valence electrons. The van der Waals surface area contributed by atoms with Gasteiger partial charge in [-0.25, -0.2) is 4.57 Å². The molecule has 0 saturated carbocycles. The van der Waals surface area contributed by atoms with Crippen molar-refractivity contribution in [3.63, 3.8) is 0 Å². The van der Waals surface area contributed by atoms with Gasteiger partial charge in [-0.05, 0) is 19.3 Å². The normalized spacial score (nSPS) is 28.4. The number of phosphoric acid groups is 1. The van der Waals surface area contributed by atoms with Gasteiger partial charge in [0.2, 0.25) is 0 Å². The first-order chi connectivity index (χ1) is 12.2. The number of unbranched alkanes of at least 4 members (excludes halogenated alkanes) is 2. The fourth-order valence-corrected chi connectivity index (χ4v) is 2.98. The van der Waals surface area contributed by atoms with E-state index in [1.807, 2.05) is 6.92 Å². The molecule has 1 rings (SSSR count). The van der Waals surface area contributed by atoms with Crippen molar-refractivity contribution >= 4 is 43.3 Å². The van der Waals surface area contributed by atoms with Gasteiger partial charge in [0.05, 0.1) is 19.3 Å². The Morgan fingerprint density at radius 1 is 1.04 bits per heavy atom. The molecule has 0 spiro atoms. The van der Waals surface area contributed by atoms with Crippen molar-refractivity contribution in [1.82, 2.24) is 0 Å². The smallest absolute Gasteiger partial charge is 0.466 e. The van der Waals surface area contributed by atoms with Crippen LogP contribution in [0.4, 0.5) is 0 Å². The molecule has 27 heavy (non-hydrogen) atoms. The summed E-state index contributed by atoms with van der Waals surface area (Å²) in [5.41, 5.74) is 0. The van der Waals surface area contributed by atoms with Crippen LogP contribution in [-0.4, -0.2) is 104 Å². The van der Waals surface area contributed by atoms with E-state index in [1.165, 1.54) is 0 Å². The largest absolute Gasteiger partial charge is 0.469 e. The average Bonchev–Trinajstić information content (AvgIpc) is 2.56. The molecular weight excluding hydrogens is 394 g/mol. The molecule has 0 aliphatic carbocycles. The number of carbonyl (C=O) groups excluding carboxylic acids is 1. The van der Waals surface area contributed by atoms with Gasteiger partial charge in [-0.3, -0.25) is 9.32 Å². The topological polar surface area (TPSA) is 163 Å². The van der Waals surface area contributed by atoms with Gasteiger partial charge in [-0.15, -0.1) is 0 Å². The van der Waals surface area contributed by atoms with Gasteiger partial charge in [0.25, 0.3) is 0 Å². The minimum Gasteiger partial charge on any atom is -0.466 e. The number of hydrogen-bond donors (Lipinski definition) is 5. The van der Waals surface area contributed by atoms with E-state index in [0.29, 0.717) is 12.8 Å². The molecule has 0 aromatic heterocycles. The van der Waals surface area contributed by atoms with Crippen molar-refractivity contribution in [2.24, 2.45) is 0 Å². The molecule has 0 amide bonds. The molecule has 0 aromatic rings. The Morgan fingerprint density at radius 2 is 1.67 bits per heavy atom. The summed E-state index contributed by atoms with van der Waals surface area (Å²) in [4.78, 5) is 28.9. The van der Waals surface area contributed by atoms with Gasteiger partial charge in [-0.2, -0.15) is 0 Å². The molecule has 1 aliphatic heterocycles. The number of aliphatic hydroxyl groups excluding tert-OH is 3. The number of ether oxygens (including phenoxy) is 2. The minimum absolute atomic E-state index is 0. The van der Waals surface area contributed by atoms with Gasteiger partial charge in [-0.1, -0.05) is 19.8 Å². The van der Waals surface area contributed by atoms with Gasteiger partial charge in [0.15, 0.2) is 0 Å². The van der Waals surface area contributed by atoms with Gasteiger partial charge in [0, 0.05) is 36.0 Å². The molecule has 0 aromatic carbocycles. The summed E-state index contributed by atoms with van der Waals surface area (Å²) >= 11 is 0. The minimum atomic E-state index is -4.76. The predicted molar refractivity (Wildman–Crippen MR) is 94.8 cm³/mol. The molecule has 10 nitrogen and oxygen atoms in total. The van der Waals surface area contributed by atoms with Crippen LogP contribution in [0, 0.1) is 0 Å². The third-order valence-electron chi connectivity index (χ3n) is 4.10. The van der Waals surface area contributed by atoms with Crippen LogP contribution in [0.1, 0.15) is 45.4 Å². The zero-order valence-electron chi connectivity index (χ0n) is 15.8. The van der Waals surface area contributed by atoms with Crippen molar-refractivity contribution in [3.05, 3.63) is 0 Å². The van der Waals surface area contributed by atoms with E-state index in [-0.39, 0.29) is 48.6 Å². The van der Waals surface area contributed by atoms with Crippen LogP contribution in [0.2, 0.25) is 0 Å². The molecule has 12 heteroatoms. The zero-order chi connectivity index (χ0) is 19.7. The maximum atomic E-state index is 11.5. The summed E-state index contributed by atoms with van der Waals surface area (Å²) in [6, 6.07) is 0. The fourth-order valence-electron chi connectivity index (χ4n) is 2.64. The van der Waals surface area contributed by atoms with Crippen LogP contribution in [0.3, 0.4) is 0 Å². The zero-order valence-corrected chi connectivity index (χ0v) is 18.7. The first-order valence-corrected chi connectivity index (χ1v) is 10.2. The van der Waals surface area contributed by atoms with E-state index < -0.39 is 44.9 Å². The summed E-state index contributed by atoms with van der Waals surface area (Å²) in [5, 5.41) is 29.7. The summed E-state index contributed by atoms with van der Waals surface area (Å²) in [6.45, 7) is 1.52. The van der Waals surface area contributed by atoms with Crippen LogP contribution in [0.5, 0.6) is 0 Å². The first kappa shape index (κ1) is 27.4. The van der Waals surface area contributed by atoms with E-state index in [1.54, 1.807) is 0 Å². The van der Waals surface area contributed by atoms with Crippen LogP contribution in [0.15, 0.2) is 0 Å². The maximum absolute atomic E-state index is 11.5. The number of aliphatic hydroxyl groups is 3. The SMILES string of the molecule is CCCCCC(=O)OCCCC1OC(COP(=O)(O)O)C(O)C(O)C1O.[Na]. The second kappa shape index (κ2) is 13.6. The van der Waals surface area contributed by atoms with E-state index in [4.69, 9.17) is 19.3 Å². The molecule has 0 bridgehead atoms. The second-order valence-electron chi connectivity index (χ2n) is 6.29. The molecule has 5 N–H and O–H groups in total. The van der Waals surface area contributed by atoms with Crippen molar-refractivity contribution in [3.8, 4) is 0 Å².